The van der Waals surface area contributed by atoms with Crippen LogP contribution >= 0.6 is 11.8 Å². The van der Waals surface area contributed by atoms with Crippen LogP contribution in [0.15, 0.2) is 94.7 Å². The Balaban J connectivity index is 1.63. The van der Waals surface area contributed by atoms with Crippen molar-refractivity contribution in [1.29, 1.82) is 0 Å². The molecular formula is C27H26N2O3S. The quantitative estimate of drug-likeness (QED) is 0.206. The summed E-state index contributed by atoms with van der Waals surface area (Å²) in [4.78, 5) is 14.9. The topological polar surface area (TPSA) is 53.4 Å². The largest absolute Gasteiger partial charge is 0.494 e. The molecule has 6 heteroatoms. The highest BCUT2D eigenvalue weighted by Crippen LogP contribution is 2.39. The van der Waals surface area contributed by atoms with Gasteiger partial charge in [-0.05, 0) is 61.9 Å². The van der Waals surface area contributed by atoms with Gasteiger partial charge in [-0.2, -0.15) is 9.78 Å². The summed E-state index contributed by atoms with van der Waals surface area (Å²) in [6, 6.07) is 26.7. The fourth-order valence-corrected chi connectivity index (χ4v) is 4.15. The Morgan fingerprint density at radius 2 is 1.61 bits per heavy atom. The van der Waals surface area contributed by atoms with Crippen LogP contribution in [0.2, 0.25) is 0 Å². The standard InChI is InChI=1S/C27H26N2O3S/c1-3-4-19-31-23-17-15-21(16-18-23)27(30)32-26-25(33-24-13-9-6-10-14-24)20(2)28-29(26)22-11-7-5-8-12-22/h5-18H,3-4,19H2,1-2H3. The van der Waals surface area contributed by atoms with Gasteiger partial charge in [-0.25, -0.2) is 4.79 Å². The van der Waals surface area contributed by atoms with E-state index in [4.69, 9.17) is 9.47 Å². The van der Waals surface area contributed by atoms with E-state index in [1.807, 2.05) is 67.6 Å². The molecule has 0 saturated heterocycles. The highest BCUT2D eigenvalue weighted by molar-refractivity contribution is 7.99. The number of aromatic nitrogens is 2. The van der Waals surface area contributed by atoms with Crippen LogP contribution in [-0.2, 0) is 0 Å². The molecule has 4 aromatic rings. The predicted octanol–water partition coefficient (Wildman–Crippen LogP) is 6.73. The Labute approximate surface area is 198 Å². The number of aryl methyl sites for hydroxylation is 1. The van der Waals surface area contributed by atoms with Crippen LogP contribution in [0.5, 0.6) is 11.6 Å². The lowest BCUT2D eigenvalue weighted by Crippen LogP contribution is -2.12. The molecule has 0 aliphatic heterocycles. The smallest absolute Gasteiger partial charge is 0.344 e. The number of carbonyl (C=O) groups excluding carboxylic acids is 1. The molecule has 0 fully saturated rings. The second kappa shape index (κ2) is 10.9. The van der Waals surface area contributed by atoms with E-state index in [0.29, 0.717) is 18.1 Å². The van der Waals surface area contributed by atoms with Gasteiger partial charge in [-0.1, -0.05) is 61.5 Å². The third-order valence-corrected chi connectivity index (χ3v) is 6.16. The highest BCUT2D eigenvalue weighted by Gasteiger charge is 2.22. The van der Waals surface area contributed by atoms with Gasteiger partial charge in [0.1, 0.15) is 5.75 Å². The molecule has 5 nitrogen and oxygen atoms in total. The second-order valence-corrected chi connectivity index (χ2v) is 8.58. The first kappa shape index (κ1) is 22.7. The number of para-hydroxylation sites is 1. The number of unbranched alkanes of at least 4 members (excludes halogenated alkanes) is 1. The molecule has 4 rings (SSSR count). The summed E-state index contributed by atoms with van der Waals surface area (Å²) < 4.78 is 13.3. The number of hydrogen-bond acceptors (Lipinski definition) is 5. The van der Waals surface area contributed by atoms with E-state index in [1.165, 1.54) is 11.8 Å². The van der Waals surface area contributed by atoms with Crippen molar-refractivity contribution in [3.63, 3.8) is 0 Å². The van der Waals surface area contributed by atoms with Crippen LogP contribution in [0.4, 0.5) is 0 Å². The minimum atomic E-state index is -0.442. The number of nitrogens with zero attached hydrogens (tertiary/aromatic N) is 2. The SMILES string of the molecule is CCCCOc1ccc(C(=O)Oc2c(Sc3ccccc3)c(C)nn2-c2ccccc2)cc1. The predicted molar refractivity (Wildman–Crippen MR) is 131 cm³/mol. The average Bonchev–Trinajstić information content (AvgIpc) is 3.15. The van der Waals surface area contributed by atoms with Crippen molar-refractivity contribution in [2.75, 3.05) is 6.61 Å². The van der Waals surface area contributed by atoms with Crippen molar-refractivity contribution in [1.82, 2.24) is 9.78 Å². The van der Waals surface area contributed by atoms with E-state index >= 15 is 0 Å². The Bertz CT molecular complexity index is 1190. The number of benzene rings is 3. The summed E-state index contributed by atoms with van der Waals surface area (Å²) in [5.74, 6) is 0.702. The Morgan fingerprint density at radius 3 is 2.27 bits per heavy atom. The lowest BCUT2D eigenvalue weighted by Gasteiger charge is -2.11. The van der Waals surface area contributed by atoms with Gasteiger partial charge in [0.05, 0.1) is 28.4 Å². The third kappa shape index (κ3) is 5.65. The first-order chi connectivity index (χ1) is 16.2. The summed E-state index contributed by atoms with van der Waals surface area (Å²) in [6.45, 7) is 4.70. The molecule has 33 heavy (non-hydrogen) atoms. The number of rotatable bonds is 9. The van der Waals surface area contributed by atoms with Gasteiger partial charge in [-0.15, -0.1) is 0 Å². The number of hydrogen-bond donors (Lipinski definition) is 0. The first-order valence-corrected chi connectivity index (χ1v) is 11.8. The summed E-state index contributed by atoms with van der Waals surface area (Å²) >= 11 is 1.53. The highest BCUT2D eigenvalue weighted by atomic mass is 32.2. The zero-order valence-electron chi connectivity index (χ0n) is 18.7. The fourth-order valence-electron chi connectivity index (χ4n) is 3.22. The summed E-state index contributed by atoms with van der Waals surface area (Å²) in [5, 5.41) is 4.68. The van der Waals surface area contributed by atoms with Crippen LogP contribution in [-0.4, -0.2) is 22.4 Å². The molecule has 0 unspecified atom stereocenters. The third-order valence-electron chi connectivity index (χ3n) is 4.98. The number of esters is 1. The van der Waals surface area contributed by atoms with E-state index in [1.54, 1.807) is 28.9 Å². The van der Waals surface area contributed by atoms with Crippen molar-refractivity contribution in [3.8, 4) is 17.3 Å². The van der Waals surface area contributed by atoms with Gasteiger partial charge in [0.15, 0.2) is 0 Å². The van der Waals surface area contributed by atoms with Gasteiger partial charge < -0.3 is 9.47 Å². The van der Waals surface area contributed by atoms with Crippen LogP contribution in [0.1, 0.15) is 35.8 Å². The Hall–Kier alpha value is -3.51. The molecule has 168 valence electrons. The average molecular weight is 459 g/mol. The minimum absolute atomic E-state index is 0.404. The van der Waals surface area contributed by atoms with Crippen molar-refractivity contribution < 1.29 is 14.3 Å². The van der Waals surface area contributed by atoms with Crippen LogP contribution in [0.25, 0.3) is 5.69 Å². The van der Waals surface area contributed by atoms with Gasteiger partial charge in [0.25, 0.3) is 0 Å². The summed E-state index contributed by atoms with van der Waals surface area (Å²) in [6.07, 6.45) is 2.07. The zero-order valence-corrected chi connectivity index (χ0v) is 19.5. The van der Waals surface area contributed by atoms with Crippen molar-refractivity contribution in [2.45, 2.75) is 36.5 Å². The number of ether oxygens (including phenoxy) is 2. The fraction of sp³-hybridized carbons (Fsp3) is 0.185. The van der Waals surface area contributed by atoms with Crippen LogP contribution in [0, 0.1) is 6.92 Å². The lowest BCUT2D eigenvalue weighted by molar-refractivity contribution is 0.0718. The molecule has 0 bridgehead atoms. The second-order valence-electron chi connectivity index (χ2n) is 7.50. The molecule has 0 aliphatic carbocycles. The van der Waals surface area contributed by atoms with E-state index < -0.39 is 5.97 Å². The van der Waals surface area contributed by atoms with Crippen molar-refractivity contribution >= 4 is 17.7 Å². The van der Waals surface area contributed by atoms with Gasteiger partial charge in [0, 0.05) is 4.90 Å². The van der Waals surface area contributed by atoms with Gasteiger partial charge in [0.2, 0.25) is 5.88 Å². The van der Waals surface area contributed by atoms with Crippen LogP contribution in [0.3, 0.4) is 0 Å². The monoisotopic (exact) mass is 458 g/mol. The Morgan fingerprint density at radius 1 is 0.939 bits per heavy atom. The molecule has 0 amide bonds. The van der Waals surface area contributed by atoms with Crippen molar-refractivity contribution in [3.05, 3.63) is 96.2 Å². The molecule has 3 aromatic carbocycles. The lowest BCUT2D eigenvalue weighted by atomic mass is 10.2. The molecular weight excluding hydrogens is 432 g/mol. The van der Waals surface area contributed by atoms with Gasteiger partial charge in [-0.3, -0.25) is 0 Å². The van der Waals surface area contributed by atoms with E-state index in [-0.39, 0.29) is 0 Å². The van der Waals surface area contributed by atoms with Crippen LogP contribution < -0.4 is 9.47 Å². The minimum Gasteiger partial charge on any atom is -0.494 e. The molecule has 0 radical (unpaired) electrons. The van der Waals surface area contributed by atoms with E-state index in [0.717, 1.165) is 39.8 Å². The normalized spacial score (nSPS) is 10.7. The van der Waals surface area contributed by atoms with Crippen molar-refractivity contribution in [2.24, 2.45) is 0 Å². The van der Waals surface area contributed by atoms with E-state index in [2.05, 4.69) is 12.0 Å². The molecule has 0 N–H and O–H groups in total. The molecule has 1 heterocycles. The summed E-state index contributed by atoms with van der Waals surface area (Å²) in [7, 11) is 0. The molecule has 0 spiro atoms. The molecule has 0 aliphatic rings. The molecule has 0 saturated carbocycles. The zero-order chi connectivity index (χ0) is 23.0. The Kier molecular flexibility index (Phi) is 7.47. The maximum Gasteiger partial charge on any atom is 0.344 e. The summed E-state index contributed by atoms with van der Waals surface area (Å²) in [5.41, 5.74) is 2.06. The maximum absolute atomic E-state index is 13.1. The number of carbonyl (C=O) groups is 1. The van der Waals surface area contributed by atoms with E-state index in [9.17, 15) is 4.79 Å². The molecule has 0 atom stereocenters. The molecule has 1 aromatic heterocycles. The first-order valence-electron chi connectivity index (χ1n) is 11.0. The van der Waals surface area contributed by atoms with Gasteiger partial charge >= 0.3 is 5.97 Å². The maximum atomic E-state index is 13.1.